The minimum atomic E-state index is -0.125. The summed E-state index contributed by atoms with van der Waals surface area (Å²) in [6, 6.07) is 3.49. The molecular formula is C20H33N5O2. The predicted molar refractivity (Wildman–Crippen MR) is 108 cm³/mol. The molecule has 2 rings (SSSR count). The lowest BCUT2D eigenvalue weighted by atomic mass is 9.78. The van der Waals surface area contributed by atoms with Crippen LogP contribution in [0.1, 0.15) is 44.0 Å². The lowest BCUT2D eigenvalue weighted by Crippen LogP contribution is -2.48. The molecule has 2 heterocycles. The molecule has 1 aromatic rings. The van der Waals surface area contributed by atoms with Gasteiger partial charge in [0.1, 0.15) is 0 Å². The monoisotopic (exact) mass is 375 g/mol. The highest BCUT2D eigenvalue weighted by Gasteiger charge is 2.35. The minimum Gasteiger partial charge on any atom is -0.377 e. The molecule has 1 saturated heterocycles. The molecule has 1 aliphatic heterocycles. The molecule has 1 aromatic heterocycles. The fraction of sp³-hybridized carbons (Fsp3) is 0.650. The van der Waals surface area contributed by atoms with Crippen LogP contribution in [-0.4, -0.2) is 56.2 Å². The molecule has 1 aliphatic rings. The van der Waals surface area contributed by atoms with Gasteiger partial charge in [-0.25, -0.2) is 0 Å². The van der Waals surface area contributed by atoms with Gasteiger partial charge in [0.15, 0.2) is 5.96 Å². The topological polar surface area (TPSA) is 87.6 Å². The van der Waals surface area contributed by atoms with Crippen LogP contribution in [0.3, 0.4) is 0 Å². The molecule has 0 aliphatic carbocycles. The molecule has 0 saturated carbocycles. The number of carbonyl (C=O) groups is 1. The quantitative estimate of drug-likeness (QED) is 0.401. The molecule has 150 valence electrons. The van der Waals surface area contributed by atoms with Gasteiger partial charge >= 0.3 is 0 Å². The molecule has 0 bridgehead atoms. The van der Waals surface area contributed by atoms with Crippen LogP contribution in [-0.2, 0) is 4.74 Å². The molecule has 0 aromatic carbocycles. The number of aliphatic imine (C=N–C) groups is 1. The van der Waals surface area contributed by atoms with Gasteiger partial charge in [0.25, 0.3) is 5.91 Å². The van der Waals surface area contributed by atoms with Crippen molar-refractivity contribution in [2.75, 3.05) is 33.3 Å². The van der Waals surface area contributed by atoms with Crippen LogP contribution in [0.15, 0.2) is 29.5 Å². The van der Waals surface area contributed by atoms with Crippen molar-refractivity contribution < 1.29 is 9.53 Å². The number of nitrogens with zero attached hydrogens (tertiary/aromatic N) is 2. The number of nitrogens with one attached hydrogen (secondary N) is 3. The Kier molecular flexibility index (Phi) is 8.03. The van der Waals surface area contributed by atoms with E-state index in [1.807, 2.05) is 0 Å². The average Bonchev–Trinajstić information content (AvgIpc) is 2.67. The van der Waals surface area contributed by atoms with Crippen LogP contribution in [0.2, 0.25) is 0 Å². The van der Waals surface area contributed by atoms with E-state index in [0.717, 1.165) is 32.0 Å². The van der Waals surface area contributed by atoms with Gasteiger partial charge in [-0.2, -0.15) is 0 Å². The molecule has 2 unspecified atom stereocenters. The van der Waals surface area contributed by atoms with Crippen LogP contribution >= 0.6 is 0 Å². The number of pyridine rings is 1. The molecule has 3 N–H and O–H groups in total. The van der Waals surface area contributed by atoms with Gasteiger partial charge in [-0.1, -0.05) is 20.8 Å². The number of aromatic nitrogens is 1. The van der Waals surface area contributed by atoms with Crippen LogP contribution in [0.4, 0.5) is 0 Å². The number of hydrogen-bond acceptors (Lipinski definition) is 4. The summed E-state index contributed by atoms with van der Waals surface area (Å²) in [5.74, 6) is 1.08. The normalized spacial score (nSPS) is 20.8. The highest BCUT2D eigenvalue weighted by atomic mass is 16.5. The van der Waals surface area contributed by atoms with Crippen molar-refractivity contribution in [1.82, 2.24) is 20.9 Å². The van der Waals surface area contributed by atoms with Crippen LogP contribution < -0.4 is 16.0 Å². The number of guanidine groups is 1. The van der Waals surface area contributed by atoms with Crippen LogP contribution in [0, 0.1) is 11.3 Å². The summed E-state index contributed by atoms with van der Waals surface area (Å²) < 4.78 is 6.03. The Hall–Kier alpha value is -2.15. The number of amides is 1. The van der Waals surface area contributed by atoms with E-state index in [-0.39, 0.29) is 17.4 Å². The number of hydrogen-bond donors (Lipinski definition) is 3. The summed E-state index contributed by atoms with van der Waals surface area (Å²) in [5.41, 5.74) is 0.686. The smallest absolute Gasteiger partial charge is 0.252 e. The van der Waals surface area contributed by atoms with Crippen molar-refractivity contribution in [3.63, 3.8) is 0 Å². The summed E-state index contributed by atoms with van der Waals surface area (Å²) in [6.07, 6.45) is 5.71. The fourth-order valence-electron chi connectivity index (χ4n) is 3.41. The van der Waals surface area contributed by atoms with E-state index in [2.05, 4.69) is 46.7 Å². The van der Waals surface area contributed by atoms with Gasteiger partial charge in [-0.15, -0.1) is 0 Å². The van der Waals surface area contributed by atoms with E-state index >= 15 is 0 Å². The minimum absolute atomic E-state index is 0.125. The van der Waals surface area contributed by atoms with Crippen molar-refractivity contribution >= 4 is 11.9 Å². The second kappa shape index (κ2) is 10.3. The highest BCUT2D eigenvalue weighted by Crippen LogP contribution is 2.33. The molecular weight excluding hydrogens is 342 g/mol. The van der Waals surface area contributed by atoms with E-state index in [4.69, 9.17) is 4.74 Å². The summed E-state index contributed by atoms with van der Waals surface area (Å²) in [6.45, 7) is 9.46. The van der Waals surface area contributed by atoms with E-state index in [9.17, 15) is 4.79 Å². The summed E-state index contributed by atoms with van der Waals surface area (Å²) in [7, 11) is 1.75. The van der Waals surface area contributed by atoms with Gasteiger partial charge in [-0.05, 0) is 30.4 Å². The van der Waals surface area contributed by atoms with Gasteiger partial charge in [0.2, 0.25) is 0 Å². The zero-order valence-electron chi connectivity index (χ0n) is 16.9. The first-order chi connectivity index (χ1) is 12.9. The lowest BCUT2D eigenvalue weighted by molar-refractivity contribution is -0.0835. The Labute approximate surface area is 162 Å². The molecule has 1 fully saturated rings. The molecule has 0 spiro atoms. The Morgan fingerprint density at radius 2 is 2.07 bits per heavy atom. The summed E-state index contributed by atoms with van der Waals surface area (Å²) in [5, 5.41) is 9.50. The van der Waals surface area contributed by atoms with Gasteiger partial charge in [0, 0.05) is 51.6 Å². The first kappa shape index (κ1) is 21.2. The van der Waals surface area contributed by atoms with E-state index in [1.165, 1.54) is 0 Å². The van der Waals surface area contributed by atoms with Crippen molar-refractivity contribution in [3.8, 4) is 0 Å². The van der Waals surface area contributed by atoms with E-state index in [0.29, 0.717) is 24.6 Å². The summed E-state index contributed by atoms with van der Waals surface area (Å²) in [4.78, 5) is 20.2. The third kappa shape index (κ3) is 6.82. The fourth-order valence-corrected chi connectivity index (χ4v) is 3.41. The Morgan fingerprint density at radius 1 is 1.30 bits per heavy atom. The maximum atomic E-state index is 12.0. The average molecular weight is 376 g/mol. The number of ether oxygens (including phenoxy) is 1. The molecule has 0 radical (unpaired) electrons. The maximum Gasteiger partial charge on any atom is 0.252 e. The third-order valence-electron chi connectivity index (χ3n) is 4.68. The van der Waals surface area contributed by atoms with Crippen LogP contribution in [0.25, 0.3) is 0 Å². The largest absolute Gasteiger partial charge is 0.377 e. The first-order valence-electron chi connectivity index (χ1n) is 9.66. The maximum absolute atomic E-state index is 12.0. The van der Waals surface area contributed by atoms with Crippen LogP contribution in [0.5, 0.6) is 0 Å². The molecule has 1 amide bonds. The molecule has 7 nitrogen and oxygen atoms in total. The second-order valence-electron chi connectivity index (χ2n) is 7.94. The Bertz CT molecular complexity index is 613. The van der Waals surface area contributed by atoms with Crippen molar-refractivity contribution in [1.29, 1.82) is 0 Å². The predicted octanol–water partition coefficient (Wildman–Crippen LogP) is 1.82. The molecule has 27 heavy (non-hydrogen) atoms. The lowest BCUT2D eigenvalue weighted by Gasteiger charge is -2.40. The van der Waals surface area contributed by atoms with Crippen molar-refractivity contribution in [3.05, 3.63) is 30.1 Å². The SMILES string of the molecule is CN=C(NCCNC(=O)c1cccnc1)NCC1CCCOC1C(C)(C)C. The standard InChI is InChI=1S/C20H33N5O2/c1-20(2,3)17-15(8-6-12-27-17)14-25-19(21-4)24-11-10-23-18(26)16-7-5-9-22-13-16/h5,7,9,13,15,17H,6,8,10-12,14H2,1-4H3,(H,23,26)(H2,21,24,25). The van der Waals surface area contributed by atoms with Gasteiger partial charge in [0.05, 0.1) is 11.7 Å². The number of carbonyl (C=O) groups excluding carboxylic acids is 1. The number of rotatable bonds is 6. The van der Waals surface area contributed by atoms with Crippen molar-refractivity contribution in [2.24, 2.45) is 16.3 Å². The summed E-state index contributed by atoms with van der Waals surface area (Å²) >= 11 is 0. The van der Waals surface area contributed by atoms with E-state index < -0.39 is 0 Å². The zero-order valence-corrected chi connectivity index (χ0v) is 16.9. The van der Waals surface area contributed by atoms with Gasteiger partial charge < -0.3 is 20.7 Å². The van der Waals surface area contributed by atoms with Gasteiger partial charge in [-0.3, -0.25) is 14.8 Å². The zero-order chi connectivity index (χ0) is 19.7. The Morgan fingerprint density at radius 3 is 2.74 bits per heavy atom. The first-order valence-corrected chi connectivity index (χ1v) is 9.66. The van der Waals surface area contributed by atoms with E-state index in [1.54, 1.807) is 31.6 Å². The molecule has 2 atom stereocenters. The highest BCUT2D eigenvalue weighted by molar-refractivity contribution is 5.93. The van der Waals surface area contributed by atoms with Crippen molar-refractivity contribution in [2.45, 2.75) is 39.7 Å². The second-order valence-corrected chi connectivity index (χ2v) is 7.94. The molecule has 7 heteroatoms. The Balaban J connectivity index is 1.72. The third-order valence-corrected chi connectivity index (χ3v) is 4.68.